The Morgan fingerprint density at radius 3 is 2.14 bits per heavy atom. The van der Waals surface area contributed by atoms with E-state index >= 15 is 0 Å². The summed E-state index contributed by atoms with van der Waals surface area (Å²) in [7, 11) is 0. The van der Waals surface area contributed by atoms with Crippen molar-refractivity contribution in [3.8, 4) is 0 Å². The first-order chi connectivity index (χ1) is 13.5. The van der Waals surface area contributed by atoms with Crippen LogP contribution in [0.25, 0.3) is 0 Å². The van der Waals surface area contributed by atoms with E-state index < -0.39 is 41.8 Å². The van der Waals surface area contributed by atoms with Gasteiger partial charge >= 0.3 is 5.97 Å². The Balaban J connectivity index is 5.26. The van der Waals surface area contributed by atoms with E-state index in [1.807, 2.05) is 6.92 Å². The normalized spacial score (nSPS) is 14.6. The van der Waals surface area contributed by atoms with Crippen molar-refractivity contribution in [2.24, 2.45) is 28.1 Å². The molecule has 166 valence electrons. The van der Waals surface area contributed by atoms with E-state index in [4.69, 9.17) is 22.3 Å². The molecule has 0 fully saturated rings. The molecule has 3 amide bonds. The maximum Gasteiger partial charge on any atom is 0.325 e. The van der Waals surface area contributed by atoms with Gasteiger partial charge in [0.25, 0.3) is 0 Å². The van der Waals surface area contributed by atoms with Crippen LogP contribution in [-0.4, -0.2) is 66.0 Å². The number of carboxylic acid groups (broad SMARTS) is 1. The highest BCUT2D eigenvalue weighted by atomic mass is 16.4. The summed E-state index contributed by atoms with van der Waals surface area (Å²) < 4.78 is 0. The van der Waals surface area contributed by atoms with Crippen molar-refractivity contribution >= 4 is 29.7 Å². The fourth-order valence-electron chi connectivity index (χ4n) is 2.35. The van der Waals surface area contributed by atoms with Gasteiger partial charge in [-0.3, -0.25) is 24.2 Å². The third-order valence-corrected chi connectivity index (χ3v) is 4.30. The Morgan fingerprint density at radius 2 is 1.66 bits per heavy atom. The third kappa shape index (κ3) is 10.3. The molecule has 4 unspecified atom stereocenters. The van der Waals surface area contributed by atoms with Crippen LogP contribution in [0.1, 0.15) is 40.0 Å². The molecule has 0 heterocycles. The van der Waals surface area contributed by atoms with E-state index in [0.29, 0.717) is 12.8 Å². The number of nitrogens with one attached hydrogen (secondary N) is 3. The lowest BCUT2D eigenvalue weighted by Crippen LogP contribution is -2.57. The molecule has 0 spiro atoms. The molecule has 10 N–H and O–H groups in total. The average molecular weight is 415 g/mol. The number of nitrogens with two attached hydrogens (primary N) is 3. The van der Waals surface area contributed by atoms with E-state index in [2.05, 4.69) is 20.9 Å². The van der Waals surface area contributed by atoms with Gasteiger partial charge in [0.2, 0.25) is 17.7 Å². The number of nitrogens with zero attached hydrogens (tertiary/aromatic N) is 1. The topological polar surface area (TPSA) is 215 Å². The Morgan fingerprint density at radius 1 is 1.03 bits per heavy atom. The molecule has 0 bridgehead atoms. The molecule has 0 aromatic carbocycles. The molecular formula is C17H33N7O5. The lowest BCUT2D eigenvalue weighted by Gasteiger charge is -2.27. The second-order valence-electron chi connectivity index (χ2n) is 6.71. The molecule has 0 saturated heterocycles. The molecule has 0 aliphatic rings. The highest BCUT2D eigenvalue weighted by Gasteiger charge is 2.31. The number of aliphatic imine (C=N–C) groups is 1. The largest absolute Gasteiger partial charge is 0.480 e. The van der Waals surface area contributed by atoms with Gasteiger partial charge in [-0.2, -0.15) is 0 Å². The molecule has 12 nitrogen and oxygen atoms in total. The quantitative estimate of drug-likeness (QED) is 0.0975. The van der Waals surface area contributed by atoms with Crippen molar-refractivity contribution in [3.63, 3.8) is 0 Å². The first-order valence-corrected chi connectivity index (χ1v) is 9.41. The van der Waals surface area contributed by atoms with Crippen LogP contribution in [0.2, 0.25) is 0 Å². The zero-order valence-corrected chi connectivity index (χ0v) is 17.1. The van der Waals surface area contributed by atoms with Crippen molar-refractivity contribution in [1.29, 1.82) is 0 Å². The second-order valence-corrected chi connectivity index (χ2v) is 6.71. The molecular weight excluding hydrogens is 382 g/mol. The van der Waals surface area contributed by atoms with E-state index in [1.165, 1.54) is 6.92 Å². The molecule has 12 heteroatoms. The predicted molar refractivity (Wildman–Crippen MR) is 108 cm³/mol. The van der Waals surface area contributed by atoms with Crippen LogP contribution in [0.4, 0.5) is 0 Å². The van der Waals surface area contributed by atoms with Crippen LogP contribution in [0.3, 0.4) is 0 Å². The minimum atomic E-state index is -1.19. The summed E-state index contributed by atoms with van der Waals surface area (Å²) in [5.74, 6) is -3.28. The summed E-state index contributed by atoms with van der Waals surface area (Å²) in [6, 6.07) is -3.03. The predicted octanol–water partition coefficient (Wildman–Crippen LogP) is -2.40. The number of rotatable bonds is 13. The number of guanidine groups is 1. The van der Waals surface area contributed by atoms with Crippen LogP contribution in [0.5, 0.6) is 0 Å². The van der Waals surface area contributed by atoms with Crippen molar-refractivity contribution in [1.82, 2.24) is 16.0 Å². The van der Waals surface area contributed by atoms with Crippen molar-refractivity contribution in [2.45, 2.75) is 58.2 Å². The number of aliphatic carboxylic acids is 1. The molecule has 4 atom stereocenters. The number of amides is 3. The number of carboxylic acids is 1. The van der Waals surface area contributed by atoms with Gasteiger partial charge in [-0.25, -0.2) is 0 Å². The van der Waals surface area contributed by atoms with Gasteiger partial charge in [0.1, 0.15) is 18.1 Å². The van der Waals surface area contributed by atoms with Crippen LogP contribution in [-0.2, 0) is 19.2 Å². The number of hydrogen-bond acceptors (Lipinski definition) is 6. The Bertz CT molecular complexity index is 607. The van der Waals surface area contributed by atoms with Gasteiger partial charge in [0, 0.05) is 6.54 Å². The van der Waals surface area contributed by atoms with Crippen LogP contribution in [0, 0.1) is 5.92 Å². The zero-order valence-electron chi connectivity index (χ0n) is 17.1. The van der Waals surface area contributed by atoms with E-state index in [1.54, 1.807) is 6.92 Å². The van der Waals surface area contributed by atoms with Gasteiger partial charge in [-0.05, 0) is 25.7 Å². The summed E-state index contributed by atoms with van der Waals surface area (Å²) in [5, 5.41) is 16.4. The first-order valence-electron chi connectivity index (χ1n) is 9.41. The minimum Gasteiger partial charge on any atom is -0.480 e. The lowest BCUT2D eigenvalue weighted by atomic mass is 9.97. The molecule has 0 aliphatic heterocycles. The van der Waals surface area contributed by atoms with Crippen LogP contribution >= 0.6 is 0 Å². The van der Waals surface area contributed by atoms with E-state index in [0.717, 1.165) is 0 Å². The van der Waals surface area contributed by atoms with Gasteiger partial charge in [-0.1, -0.05) is 20.3 Å². The van der Waals surface area contributed by atoms with Gasteiger partial charge in [0.15, 0.2) is 5.96 Å². The highest BCUT2D eigenvalue weighted by Crippen LogP contribution is 2.10. The van der Waals surface area contributed by atoms with E-state index in [9.17, 15) is 19.2 Å². The van der Waals surface area contributed by atoms with Crippen LogP contribution < -0.4 is 33.2 Å². The standard InChI is InChI=1S/C17H33N7O5/c1-4-9(2)13(15(27)22-10(3)16(28)29)24-14(26)11(23-12(25)8-18)6-5-7-21-17(19)20/h9-11,13H,4-8,18H2,1-3H3,(H,22,27)(H,23,25)(H,24,26)(H,28,29)(H4,19,20,21). The maximum absolute atomic E-state index is 12.7. The van der Waals surface area contributed by atoms with Crippen molar-refractivity contribution in [2.75, 3.05) is 13.1 Å². The van der Waals surface area contributed by atoms with E-state index in [-0.39, 0.29) is 31.4 Å². The zero-order chi connectivity index (χ0) is 22.6. The van der Waals surface area contributed by atoms with Gasteiger partial charge < -0.3 is 38.3 Å². The van der Waals surface area contributed by atoms with Gasteiger partial charge in [0.05, 0.1) is 6.54 Å². The second kappa shape index (κ2) is 13.3. The Labute approximate surface area is 170 Å². The molecule has 0 radical (unpaired) electrons. The summed E-state index contributed by atoms with van der Waals surface area (Å²) in [6.45, 7) is 4.87. The lowest BCUT2D eigenvalue weighted by molar-refractivity contribution is -0.142. The molecule has 0 aliphatic carbocycles. The number of hydrogen-bond donors (Lipinski definition) is 7. The Hall–Kier alpha value is -2.89. The monoisotopic (exact) mass is 415 g/mol. The molecule has 0 rings (SSSR count). The summed E-state index contributed by atoms with van der Waals surface area (Å²) in [5.41, 5.74) is 15.8. The van der Waals surface area contributed by atoms with Crippen molar-refractivity contribution in [3.05, 3.63) is 0 Å². The molecule has 0 aromatic rings. The van der Waals surface area contributed by atoms with Crippen LogP contribution in [0.15, 0.2) is 4.99 Å². The molecule has 0 saturated carbocycles. The fourth-order valence-corrected chi connectivity index (χ4v) is 2.35. The van der Waals surface area contributed by atoms with Gasteiger partial charge in [-0.15, -0.1) is 0 Å². The molecule has 29 heavy (non-hydrogen) atoms. The number of carbonyl (C=O) groups is 4. The third-order valence-electron chi connectivity index (χ3n) is 4.30. The summed E-state index contributed by atoms with van der Waals surface area (Å²) in [6.07, 6.45) is 1.18. The average Bonchev–Trinajstić information content (AvgIpc) is 2.66. The highest BCUT2D eigenvalue weighted by molar-refractivity contribution is 5.93. The minimum absolute atomic E-state index is 0.0851. The summed E-state index contributed by atoms with van der Waals surface area (Å²) in [4.78, 5) is 51.7. The SMILES string of the molecule is CCC(C)C(NC(=O)C(CCCN=C(N)N)NC(=O)CN)C(=O)NC(C)C(=O)O. The Kier molecular flexibility index (Phi) is 12.0. The summed E-state index contributed by atoms with van der Waals surface area (Å²) >= 11 is 0. The fraction of sp³-hybridized carbons (Fsp3) is 0.706. The first kappa shape index (κ1) is 26.1. The molecule has 0 aromatic heterocycles. The number of carbonyl (C=O) groups excluding carboxylic acids is 3. The van der Waals surface area contributed by atoms with Crippen molar-refractivity contribution < 1.29 is 24.3 Å². The maximum atomic E-state index is 12.7. The smallest absolute Gasteiger partial charge is 0.325 e.